The number of hydrogen-bond donors (Lipinski definition) is 7. The van der Waals surface area contributed by atoms with Gasteiger partial charge in [-0.05, 0) is 26.2 Å². The summed E-state index contributed by atoms with van der Waals surface area (Å²) in [5, 5.41) is 9.83. The van der Waals surface area contributed by atoms with Crippen LogP contribution in [0.25, 0.3) is 0 Å². The average Bonchev–Trinajstić information content (AvgIpc) is 2.63. The topological polar surface area (TPSA) is 224 Å². The summed E-state index contributed by atoms with van der Waals surface area (Å²) in [5.74, 6) is -3.14. The van der Waals surface area contributed by atoms with Gasteiger partial charge in [0.05, 0.1) is 6.54 Å². The summed E-state index contributed by atoms with van der Waals surface area (Å²) in [4.78, 5) is 64.0. The summed E-state index contributed by atoms with van der Waals surface area (Å²) in [5.41, 5.74) is 15.6. The van der Waals surface area contributed by atoms with Crippen molar-refractivity contribution in [1.29, 1.82) is 0 Å². The first-order chi connectivity index (χ1) is 13.6. The number of hydrogen-bond acceptors (Lipinski definition) is 6. The first-order valence-corrected chi connectivity index (χ1v) is 9.11. The van der Waals surface area contributed by atoms with E-state index in [1.807, 2.05) is 0 Å². The molecule has 0 radical (unpaired) electrons. The van der Waals surface area contributed by atoms with Crippen molar-refractivity contribution in [2.24, 2.45) is 22.2 Å². The molecule has 1 heterocycles. The van der Waals surface area contributed by atoms with Crippen LogP contribution < -0.4 is 38.5 Å². The second-order valence-corrected chi connectivity index (χ2v) is 6.58. The monoisotopic (exact) mass is 412 g/mol. The van der Waals surface area contributed by atoms with Crippen LogP contribution in [0.15, 0.2) is 4.99 Å². The summed E-state index contributed by atoms with van der Waals surface area (Å²) < 4.78 is 0. The first-order valence-electron chi connectivity index (χ1n) is 9.11. The standard InChI is InChI=1S/C16H28N8O5/c1-8-13(27)24-9(3-2-6-20-16(18)19)14(28)21-7-12(26)23-10(15(29)22-8)4-5-11(17)25/h8-10H,2-7H2,1H3,(H2,17,25)(H,21,28)(H,22,29)(H,23,26)(H,24,27)(H4,18,19,20)/t8-,9-,10+/m0/s1. The lowest BCUT2D eigenvalue weighted by Crippen LogP contribution is -2.58. The van der Waals surface area contributed by atoms with E-state index >= 15 is 0 Å². The molecule has 0 unspecified atom stereocenters. The molecule has 29 heavy (non-hydrogen) atoms. The van der Waals surface area contributed by atoms with Crippen LogP contribution in [0.4, 0.5) is 0 Å². The lowest BCUT2D eigenvalue weighted by atomic mass is 10.1. The van der Waals surface area contributed by atoms with Gasteiger partial charge in [-0.2, -0.15) is 0 Å². The minimum absolute atomic E-state index is 0.0391. The number of aliphatic imine (C=N–C) groups is 1. The molecular weight excluding hydrogens is 384 g/mol. The maximum absolute atomic E-state index is 12.4. The summed E-state index contributed by atoms with van der Waals surface area (Å²) in [6.07, 6.45) is 0.446. The van der Waals surface area contributed by atoms with E-state index in [1.165, 1.54) is 6.92 Å². The van der Waals surface area contributed by atoms with Gasteiger partial charge in [0.15, 0.2) is 5.96 Å². The number of carbonyl (C=O) groups excluding carboxylic acids is 5. The Labute approximate surface area is 167 Å². The number of guanidine groups is 1. The molecule has 1 aliphatic rings. The lowest BCUT2D eigenvalue weighted by Gasteiger charge is -2.25. The SMILES string of the molecule is C[C@@H]1NC(=O)[C@@H](CCC(N)=O)NC(=O)CNC(=O)[C@H](CCCN=C(N)N)NC1=O. The Hall–Kier alpha value is -3.38. The van der Waals surface area contributed by atoms with E-state index in [-0.39, 0.29) is 31.8 Å². The van der Waals surface area contributed by atoms with Crippen LogP contribution in [-0.2, 0) is 24.0 Å². The van der Waals surface area contributed by atoms with E-state index in [0.29, 0.717) is 6.42 Å². The van der Waals surface area contributed by atoms with Crippen molar-refractivity contribution in [3.05, 3.63) is 0 Å². The molecule has 0 aliphatic carbocycles. The van der Waals surface area contributed by atoms with Gasteiger partial charge in [-0.3, -0.25) is 29.0 Å². The summed E-state index contributed by atoms with van der Waals surface area (Å²) in [6, 6.07) is -2.99. The molecule has 0 aromatic rings. The third kappa shape index (κ3) is 8.90. The van der Waals surface area contributed by atoms with E-state index in [4.69, 9.17) is 17.2 Å². The van der Waals surface area contributed by atoms with Gasteiger partial charge < -0.3 is 38.5 Å². The summed E-state index contributed by atoms with van der Waals surface area (Å²) in [7, 11) is 0. The van der Waals surface area contributed by atoms with Crippen LogP contribution in [0.5, 0.6) is 0 Å². The average molecular weight is 412 g/mol. The zero-order valence-corrected chi connectivity index (χ0v) is 16.2. The fraction of sp³-hybridized carbons (Fsp3) is 0.625. The number of rotatable bonds is 7. The molecule has 0 aromatic carbocycles. The molecule has 1 aliphatic heterocycles. The number of nitrogens with two attached hydrogens (primary N) is 3. The van der Waals surface area contributed by atoms with Gasteiger partial charge in [-0.1, -0.05) is 0 Å². The van der Waals surface area contributed by atoms with Crippen molar-refractivity contribution in [2.75, 3.05) is 13.1 Å². The van der Waals surface area contributed by atoms with E-state index in [9.17, 15) is 24.0 Å². The maximum atomic E-state index is 12.4. The molecule has 0 bridgehead atoms. The molecule has 1 fully saturated rings. The van der Waals surface area contributed by atoms with Crippen molar-refractivity contribution in [1.82, 2.24) is 21.3 Å². The minimum Gasteiger partial charge on any atom is -0.370 e. The smallest absolute Gasteiger partial charge is 0.243 e. The largest absolute Gasteiger partial charge is 0.370 e. The van der Waals surface area contributed by atoms with Crippen LogP contribution in [-0.4, -0.2) is 66.7 Å². The number of nitrogens with one attached hydrogen (secondary N) is 4. The minimum atomic E-state index is -1.07. The van der Waals surface area contributed by atoms with E-state index < -0.39 is 54.2 Å². The summed E-state index contributed by atoms with van der Waals surface area (Å²) in [6.45, 7) is 1.28. The van der Waals surface area contributed by atoms with Gasteiger partial charge in [-0.25, -0.2) is 0 Å². The maximum Gasteiger partial charge on any atom is 0.243 e. The zero-order valence-electron chi connectivity index (χ0n) is 16.2. The molecule has 13 nitrogen and oxygen atoms in total. The molecule has 0 aromatic heterocycles. The van der Waals surface area contributed by atoms with Crippen LogP contribution in [0.3, 0.4) is 0 Å². The highest BCUT2D eigenvalue weighted by molar-refractivity contribution is 5.96. The van der Waals surface area contributed by atoms with E-state index in [1.54, 1.807) is 0 Å². The van der Waals surface area contributed by atoms with Gasteiger partial charge in [0.2, 0.25) is 29.5 Å². The highest BCUT2D eigenvalue weighted by atomic mass is 16.2. The van der Waals surface area contributed by atoms with Crippen LogP contribution in [0.1, 0.15) is 32.6 Å². The molecule has 13 heteroatoms. The molecule has 3 atom stereocenters. The highest BCUT2D eigenvalue weighted by Crippen LogP contribution is 2.03. The predicted octanol–water partition coefficient (Wildman–Crippen LogP) is -4.09. The molecule has 0 spiro atoms. The van der Waals surface area contributed by atoms with Gasteiger partial charge in [0, 0.05) is 13.0 Å². The highest BCUT2D eigenvalue weighted by Gasteiger charge is 2.29. The fourth-order valence-electron chi connectivity index (χ4n) is 2.54. The van der Waals surface area contributed by atoms with Gasteiger partial charge in [0.1, 0.15) is 18.1 Å². The van der Waals surface area contributed by atoms with Gasteiger partial charge >= 0.3 is 0 Å². The molecule has 10 N–H and O–H groups in total. The van der Waals surface area contributed by atoms with Crippen molar-refractivity contribution in [2.45, 2.75) is 50.7 Å². The quantitative estimate of drug-likeness (QED) is 0.124. The summed E-state index contributed by atoms with van der Waals surface area (Å²) >= 11 is 0. The van der Waals surface area contributed by atoms with Crippen LogP contribution in [0, 0.1) is 0 Å². The molecular formula is C16H28N8O5. The van der Waals surface area contributed by atoms with Crippen molar-refractivity contribution < 1.29 is 24.0 Å². The Morgan fingerprint density at radius 2 is 1.62 bits per heavy atom. The molecule has 5 amide bonds. The Balaban J connectivity index is 2.87. The Bertz CT molecular complexity index is 676. The van der Waals surface area contributed by atoms with Crippen LogP contribution >= 0.6 is 0 Å². The number of amides is 5. The second-order valence-electron chi connectivity index (χ2n) is 6.58. The van der Waals surface area contributed by atoms with E-state index in [0.717, 1.165) is 0 Å². The molecule has 1 saturated heterocycles. The molecule has 1 rings (SSSR count). The lowest BCUT2D eigenvalue weighted by molar-refractivity contribution is -0.135. The number of nitrogens with zero attached hydrogens (tertiary/aromatic N) is 1. The first kappa shape index (κ1) is 23.7. The van der Waals surface area contributed by atoms with Crippen molar-refractivity contribution >= 4 is 35.5 Å². The Morgan fingerprint density at radius 1 is 0.966 bits per heavy atom. The predicted molar refractivity (Wildman–Crippen MR) is 103 cm³/mol. The van der Waals surface area contributed by atoms with E-state index in [2.05, 4.69) is 26.3 Å². The van der Waals surface area contributed by atoms with Crippen molar-refractivity contribution in [3.63, 3.8) is 0 Å². The second kappa shape index (κ2) is 11.5. The normalized spacial score (nSPS) is 23.4. The van der Waals surface area contributed by atoms with Crippen LogP contribution in [0.2, 0.25) is 0 Å². The van der Waals surface area contributed by atoms with Gasteiger partial charge in [-0.15, -0.1) is 0 Å². The molecule has 0 saturated carbocycles. The number of primary amides is 1. The Morgan fingerprint density at radius 3 is 2.24 bits per heavy atom. The zero-order chi connectivity index (χ0) is 22.0. The number of carbonyl (C=O) groups is 5. The molecule has 162 valence electrons. The third-order valence-corrected chi connectivity index (χ3v) is 4.08. The fourth-order valence-corrected chi connectivity index (χ4v) is 2.54. The van der Waals surface area contributed by atoms with Gasteiger partial charge in [0.25, 0.3) is 0 Å². The third-order valence-electron chi connectivity index (χ3n) is 4.08. The van der Waals surface area contributed by atoms with Crippen molar-refractivity contribution in [3.8, 4) is 0 Å². The Kier molecular flexibility index (Phi) is 9.35.